The third-order valence-electron chi connectivity index (χ3n) is 3.85. The van der Waals surface area contributed by atoms with Crippen LogP contribution in [0.15, 0.2) is 4.47 Å². The van der Waals surface area contributed by atoms with Crippen molar-refractivity contribution in [3.05, 3.63) is 15.9 Å². The second-order valence-corrected chi connectivity index (χ2v) is 6.46. The van der Waals surface area contributed by atoms with Gasteiger partial charge in [-0.3, -0.25) is 9.58 Å². The van der Waals surface area contributed by atoms with E-state index in [9.17, 15) is 0 Å². The van der Waals surface area contributed by atoms with Crippen molar-refractivity contribution < 1.29 is 4.74 Å². The van der Waals surface area contributed by atoms with Crippen molar-refractivity contribution in [2.75, 3.05) is 19.8 Å². The number of halogens is 1. The Balaban J connectivity index is 2.24. The first-order chi connectivity index (χ1) is 8.99. The first-order valence-corrected chi connectivity index (χ1v) is 7.85. The maximum Gasteiger partial charge on any atom is 0.0767 e. The second-order valence-electron chi connectivity index (χ2n) is 5.66. The van der Waals surface area contributed by atoms with Gasteiger partial charge in [0.15, 0.2) is 0 Å². The predicted octanol–water partition coefficient (Wildman–Crippen LogP) is 2.84. The lowest BCUT2D eigenvalue weighted by Gasteiger charge is -2.42. The summed E-state index contributed by atoms with van der Waals surface area (Å²) in [5.74, 6) is 0. The SMILES string of the molecule is CCc1nn(CC)c(CN2CCOCC2(C)C)c1Br. The number of morpholine rings is 1. The van der Waals surface area contributed by atoms with Gasteiger partial charge in [-0.15, -0.1) is 0 Å². The van der Waals surface area contributed by atoms with Crippen molar-refractivity contribution in [2.24, 2.45) is 0 Å². The molecule has 1 aromatic heterocycles. The molecule has 19 heavy (non-hydrogen) atoms. The van der Waals surface area contributed by atoms with Crippen LogP contribution in [0.25, 0.3) is 0 Å². The monoisotopic (exact) mass is 329 g/mol. The Hall–Kier alpha value is -0.390. The highest BCUT2D eigenvalue weighted by Gasteiger charge is 2.31. The highest BCUT2D eigenvalue weighted by molar-refractivity contribution is 9.10. The van der Waals surface area contributed by atoms with E-state index in [4.69, 9.17) is 4.74 Å². The molecule has 1 aliphatic rings. The molecule has 0 spiro atoms. The van der Waals surface area contributed by atoms with Gasteiger partial charge < -0.3 is 4.74 Å². The predicted molar refractivity (Wildman–Crippen MR) is 80.3 cm³/mol. The van der Waals surface area contributed by atoms with Gasteiger partial charge in [-0.2, -0.15) is 5.10 Å². The summed E-state index contributed by atoms with van der Waals surface area (Å²) in [6, 6.07) is 0. The number of hydrogen-bond donors (Lipinski definition) is 0. The molecule has 0 aromatic carbocycles. The molecule has 1 aromatic rings. The molecule has 0 amide bonds. The minimum Gasteiger partial charge on any atom is -0.378 e. The first-order valence-electron chi connectivity index (χ1n) is 7.06. The Labute approximate surface area is 124 Å². The van der Waals surface area contributed by atoms with E-state index in [1.165, 1.54) is 10.2 Å². The number of rotatable bonds is 4. The fourth-order valence-corrected chi connectivity index (χ4v) is 3.22. The Kier molecular flexibility index (Phi) is 4.69. The van der Waals surface area contributed by atoms with Gasteiger partial charge in [0.25, 0.3) is 0 Å². The fourth-order valence-electron chi connectivity index (χ4n) is 2.53. The van der Waals surface area contributed by atoms with E-state index >= 15 is 0 Å². The second kappa shape index (κ2) is 5.94. The van der Waals surface area contributed by atoms with E-state index in [1.807, 2.05) is 0 Å². The largest absolute Gasteiger partial charge is 0.378 e. The molecule has 0 N–H and O–H groups in total. The Morgan fingerprint density at radius 3 is 2.68 bits per heavy atom. The molecule has 0 radical (unpaired) electrons. The molecule has 1 fully saturated rings. The number of hydrogen-bond acceptors (Lipinski definition) is 3. The zero-order chi connectivity index (χ0) is 14.0. The number of ether oxygens (including phenoxy) is 1. The molecule has 0 unspecified atom stereocenters. The molecule has 1 aliphatic heterocycles. The number of aryl methyl sites for hydroxylation is 2. The van der Waals surface area contributed by atoms with E-state index in [1.54, 1.807) is 0 Å². The van der Waals surface area contributed by atoms with E-state index in [0.717, 1.165) is 45.0 Å². The zero-order valence-corrected chi connectivity index (χ0v) is 14.0. The van der Waals surface area contributed by atoms with Crippen molar-refractivity contribution in [3.8, 4) is 0 Å². The van der Waals surface area contributed by atoms with Gasteiger partial charge in [-0.05, 0) is 43.1 Å². The maximum atomic E-state index is 5.59. The molecule has 5 heteroatoms. The minimum absolute atomic E-state index is 0.0902. The normalized spacial score (nSPS) is 19.8. The molecule has 2 rings (SSSR count). The summed E-state index contributed by atoms with van der Waals surface area (Å²) in [5.41, 5.74) is 2.53. The van der Waals surface area contributed by atoms with E-state index < -0.39 is 0 Å². The average molecular weight is 330 g/mol. The Morgan fingerprint density at radius 1 is 1.37 bits per heavy atom. The van der Waals surface area contributed by atoms with E-state index in [-0.39, 0.29) is 5.54 Å². The van der Waals surface area contributed by atoms with Crippen molar-refractivity contribution in [2.45, 2.75) is 52.7 Å². The standard InChI is InChI=1S/C14H24BrN3O/c1-5-11-13(15)12(18(6-2)16-11)9-17-7-8-19-10-14(17,3)4/h5-10H2,1-4H3. The van der Waals surface area contributed by atoms with Crippen LogP contribution in [-0.4, -0.2) is 40.0 Å². The number of aromatic nitrogens is 2. The molecule has 2 heterocycles. The third-order valence-corrected chi connectivity index (χ3v) is 4.77. The highest BCUT2D eigenvalue weighted by atomic mass is 79.9. The van der Waals surface area contributed by atoms with Gasteiger partial charge in [-0.25, -0.2) is 0 Å². The van der Waals surface area contributed by atoms with Crippen molar-refractivity contribution in [1.82, 2.24) is 14.7 Å². The van der Waals surface area contributed by atoms with Crippen LogP contribution in [0.1, 0.15) is 39.1 Å². The Bertz CT molecular complexity index is 442. The van der Waals surface area contributed by atoms with Gasteiger partial charge >= 0.3 is 0 Å². The number of nitrogens with zero attached hydrogens (tertiary/aromatic N) is 3. The summed E-state index contributed by atoms with van der Waals surface area (Å²) in [6.45, 7) is 13.2. The molecular formula is C14H24BrN3O. The smallest absolute Gasteiger partial charge is 0.0767 e. The fraction of sp³-hybridized carbons (Fsp3) is 0.786. The molecule has 1 saturated heterocycles. The van der Waals surface area contributed by atoms with Crippen LogP contribution in [0.2, 0.25) is 0 Å². The highest BCUT2D eigenvalue weighted by Crippen LogP contribution is 2.27. The van der Waals surface area contributed by atoms with Gasteiger partial charge in [-0.1, -0.05) is 6.92 Å². The lowest BCUT2D eigenvalue weighted by atomic mass is 10.0. The molecule has 4 nitrogen and oxygen atoms in total. The van der Waals surface area contributed by atoms with Crippen LogP contribution in [0, 0.1) is 0 Å². The van der Waals surface area contributed by atoms with E-state index in [0.29, 0.717) is 0 Å². The van der Waals surface area contributed by atoms with Crippen LogP contribution < -0.4 is 0 Å². The molecule has 0 bridgehead atoms. The maximum absolute atomic E-state index is 5.59. The molecule has 0 aliphatic carbocycles. The van der Waals surface area contributed by atoms with Gasteiger partial charge in [0.1, 0.15) is 0 Å². The van der Waals surface area contributed by atoms with Crippen molar-refractivity contribution >= 4 is 15.9 Å². The van der Waals surface area contributed by atoms with Gasteiger partial charge in [0.05, 0.1) is 29.1 Å². The van der Waals surface area contributed by atoms with Crippen LogP contribution in [-0.2, 0) is 24.2 Å². The molecular weight excluding hydrogens is 306 g/mol. The summed E-state index contributed by atoms with van der Waals surface area (Å²) in [5, 5.41) is 4.67. The lowest BCUT2D eigenvalue weighted by molar-refractivity contribution is -0.0563. The van der Waals surface area contributed by atoms with Gasteiger partial charge in [0.2, 0.25) is 0 Å². The summed E-state index contributed by atoms with van der Waals surface area (Å²) < 4.78 is 8.89. The van der Waals surface area contributed by atoms with Crippen LogP contribution in [0.3, 0.4) is 0 Å². The third kappa shape index (κ3) is 3.03. The van der Waals surface area contributed by atoms with Crippen LogP contribution in [0.4, 0.5) is 0 Å². The average Bonchev–Trinajstić information content (AvgIpc) is 2.68. The quantitative estimate of drug-likeness (QED) is 0.850. The zero-order valence-electron chi connectivity index (χ0n) is 12.4. The van der Waals surface area contributed by atoms with Crippen molar-refractivity contribution in [1.29, 1.82) is 0 Å². The molecule has 0 atom stereocenters. The van der Waals surface area contributed by atoms with Gasteiger partial charge in [0, 0.05) is 25.2 Å². The molecule has 0 saturated carbocycles. The summed E-state index contributed by atoms with van der Waals surface area (Å²) in [6.07, 6.45) is 0.965. The Morgan fingerprint density at radius 2 is 2.11 bits per heavy atom. The minimum atomic E-state index is 0.0902. The van der Waals surface area contributed by atoms with Crippen LogP contribution in [0.5, 0.6) is 0 Å². The summed E-state index contributed by atoms with van der Waals surface area (Å²) in [7, 11) is 0. The lowest BCUT2D eigenvalue weighted by Crippen LogP contribution is -2.52. The van der Waals surface area contributed by atoms with E-state index in [2.05, 4.69) is 58.3 Å². The summed E-state index contributed by atoms with van der Waals surface area (Å²) in [4.78, 5) is 2.49. The van der Waals surface area contributed by atoms with Crippen molar-refractivity contribution in [3.63, 3.8) is 0 Å². The first kappa shape index (κ1) is 15.0. The van der Waals surface area contributed by atoms with Crippen LogP contribution >= 0.6 is 15.9 Å². The topological polar surface area (TPSA) is 30.3 Å². The molecule has 108 valence electrons. The summed E-state index contributed by atoms with van der Waals surface area (Å²) >= 11 is 3.73.